The molecule has 2 heterocycles. The number of thiophene rings is 1. The molecule has 0 fully saturated rings. The van der Waals surface area contributed by atoms with Crippen LogP contribution < -0.4 is 5.14 Å². The van der Waals surface area contributed by atoms with Crippen molar-refractivity contribution in [2.24, 2.45) is 5.14 Å². The fourth-order valence-electron chi connectivity index (χ4n) is 3.59. The van der Waals surface area contributed by atoms with Crippen molar-refractivity contribution in [3.8, 4) is 21.6 Å². The number of rotatable bonds is 5. The third-order valence-corrected chi connectivity index (χ3v) is 7.35. The van der Waals surface area contributed by atoms with Gasteiger partial charge in [-0.3, -0.25) is 4.79 Å². The third-order valence-electron chi connectivity index (χ3n) is 5.00. The van der Waals surface area contributed by atoms with Gasteiger partial charge in [0.25, 0.3) is 0 Å². The van der Waals surface area contributed by atoms with Gasteiger partial charge in [0, 0.05) is 34.1 Å². The summed E-state index contributed by atoms with van der Waals surface area (Å²) >= 11 is 1.40. The Morgan fingerprint density at radius 2 is 1.90 bits per heavy atom. The van der Waals surface area contributed by atoms with E-state index in [0.717, 1.165) is 26.9 Å². The Balaban J connectivity index is 2.01. The average Bonchev–Trinajstić information content (AvgIpc) is 3.30. The normalized spacial score (nSPS) is 11.8. The monoisotopic (exact) mass is 424 g/mol. The first kappa shape index (κ1) is 19.6. The van der Waals surface area contributed by atoms with E-state index in [0.29, 0.717) is 22.4 Å². The lowest BCUT2D eigenvalue weighted by Crippen LogP contribution is -2.13. The van der Waals surface area contributed by atoms with Crippen LogP contribution in [0.15, 0.2) is 59.6 Å². The molecule has 2 aromatic heterocycles. The van der Waals surface area contributed by atoms with Crippen molar-refractivity contribution < 1.29 is 13.2 Å². The smallest absolute Gasteiger partial charge is 0.238 e. The molecule has 4 rings (SSSR count). The summed E-state index contributed by atoms with van der Waals surface area (Å²) in [6.07, 6.45) is 2.22. The van der Waals surface area contributed by atoms with Gasteiger partial charge >= 0.3 is 0 Å². The van der Waals surface area contributed by atoms with Crippen LogP contribution in [0.25, 0.3) is 32.5 Å². The Bertz CT molecular complexity index is 1350. The number of fused-ring (bicyclic) bond motifs is 1. The zero-order valence-corrected chi connectivity index (χ0v) is 17.7. The third kappa shape index (κ3) is 3.42. The Morgan fingerprint density at radius 1 is 1.14 bits per heavy atom. The zero-order valence-electron chi connectivity index (χ0n) is 16.0. The Kier molecular flexibility index (Phi) is 4.90. The fraction of sp³-hybridized carbons (Fsp3) is 0.136. The van der Waals surface area contributed by atoms with E-state index in [1.807, 2.05) is 31.3 Å². The highest BCUT2D eigenvalue weighted by molar-refractivity contribution is 7.89. The van der Waals surface area contributed by atoms with E-state index in [-0.39, 0.29) is 10.7 Å². The van der Waals surface area contributed by atoms with Crippen LogP contribution in [0.2, 0.25) is 0 Å². The number of carbonyl (C=O) groups excluding carboxylic acids is 1. The minimum absolute atomic E-state index is 0.0219. The van der Waals surface area contributed by atoms with Crippen LogP contribution in [-0.4, -0.2) is 19.2 Å². The van der Waals surface area contributed by atoms with Gasteiger partial charge in [0.1, 0.15) is 0 Å². The summed E-state index contributed by atoms with van der Waals surface area (Å²) in [5.41, 5.74) is 4.01. The van der Waals surface area contributed by atoms with Crippen molar-refractivity contribution >= 4 is 38.0 Å². The first-order valence-corrected chi connectivity index (χ1v) is 11.5. The molecular weight excluding hydrogens is 404 g/mol. The molecule has 0 spiro atoms. The number of carbonyl (C=O) groups is 1. The number of primary sulfonamides is 1. The highest BCUT2D eigenvalue weighted by Crippen LogP contribution is 2.44. The maximum atomic E-state index is 12.8. The highest BCUT2D eigenvalue weighted by Gasteiger charge is 2.25. The molecule has 0 saturated heterocycles. The summed E-state index contributed by atoms with van der Waals surface area (Å²) < 4.78 is 24.4. The number of hydrogen-bond acceptors (Lipinski definition) is 4. The molecule has 0 radical (unpaired) electrons. The van der Waals surface area contributed by atoms with E-state index in [4.69, 9.17) is 5.14 Å². The topological polar surface area (TPSA) is 93.0 Å². The van der Waals surface area contributed by atoms with Gasteiger partial charge in [-0.25, -0.2) is 13.6 Å². The van der Waals surface area contributed by atoms with Crippen LogP contribution in [-0.2, 0) is 10.0 Å². The lowest BCUT2D eigenvalue weighted by molar-refractivity contribution is 0.0992. The van der Waals surface area contributed by atoms with Crippen LogP contribution in [0, 0.1) is 6.92 Å². The van der Waals surface area contributed by atoms with Gasteiger partial charge in [-0.15, -0.1) is 11.3 Å². The van der Waals surface area contributed by atoms with E-state index in [2.05, 4.69) is 11.1 Å². The summed E-state index contributed by atoms with van der Waals surface area (Å²) in [7, 11) is -3.94. The lowest BCUT2D eigenvalue weighted by atomic mass is 9.97. The average molecular weight is 425 g/mol. The number of sulfonamides is 1. The number of benzene rings is 2. The minimum atomic E-state index is -3.94. The summed E-state index contributed by atoms with van der Waals surface area (Å²) in [4.78, 5) is 17.5. The van der Waals surface area contributed by atoms with E-state index >= 15 is 0 Å². The first-order valence-electron chi connectivity index (χ1n) is 9.17. The number of aromatic nitrogens is 1. The molecular formula is C22H20N2O3S2. The second-order valence-corrected chi connectivity index (χ2v) is 9.41. The molecule has 2 aromatic carbocycles. The maximum Gasteiger partial charge on any atom is 0.238 e. The van der Waals surface area contributed by atoms with Crippen molar-refractivity contribution in [2.75, 3.05) is 0 Å². The molecule has 148 valence electrons. The largest absolute Gasteiger partial charge is 0.361 e. The number of nitrogens with two attached hydrogens (primary N) is 1. The van der Waals surface area contributed by atoms with Crippen LogP contribution in [0.3, 0.4) is 0 Å². The van der Waals surface area contributed by atoms with Crippen molar-refractivity contribution in [3.63, 3.8) is 0 Å². The van der Waals surface area contributed by atoms with Gasteiger partial charge in [-0.05, 0) is 47.7 Å². The molecule has 0 aliphatic rings. The number of hydrogen-bond donors (Lipinski definition) is 2. The van der Waals surface area contributed by atoms with Crippen molar-refractivity contribution in [2.45, 2.75) is 25.2 Å². The van der Waals surface area contributed by atoms with Crippen LogP contribution in [0.5, 0.6) is 0 Å². The Morgan fingerprint density at radius 3 is 2.62 bits per heavy atom. The number of nitrogens with one attached hydrogen (secondary N) is 1. The molecule has 3 N–H and O–H groups in total. The summed E-state index contributed by atoms with van der Waals surface area (Å²) in [6, 6.07) is 14.7. The molecule has 0 saturated carbocycles. The molecule has 0 aliphatic carbocycles. The molecule has 5 nitrogen and oxygen atoms in total. The molecule has 0 unspecified atom stereocenters. The molecule has 0 atom stereocenters. The minimum Gasteiger partial charge on any atom is -0.361 e. The van der Waals surface area contributed by atoms with Crippen molar-refractivity contribution in [1.82, 2.24) is 4.98 Å². The molecule has 4 aromatic rings. The van der Waals surface area contributed by atoms with E-state index in [1.54, 1.807) is 25.1 Å². The number of H-pyrrole nitrogens is 1. The SMILES string of the molecule is CCC(=O)c1sc(-c2ccc3[nH]ccc3c2)c(C)c1-c1ccccc1S(N)(=O)=O. The maximum absolute atomic E-state index is 12.8. The quantitative estimate of drug-likeness (QED) is 0.436. The standard InChI is InChI=1S/C22H20N2O3S2/c1-3-18(25)22-20(16-6-4-5-7-19(16)29(23,26)27)13(2)21(28-22)15-8-9-17-14(12-15)10-11-24-17/h4-12,24H,3H2,1-2H3,(H2,23,26,27). The molecule has 7 heteroatoms. The van der Waals surface area contributed by atoms with E-state index in [1.165, 1.54) is 17.4 Å². The molecule has 0 bridgehead atoms. The Hall–Kier alpha value is -2.74. The number of aromatic amines is 1. The molecule has 0 amide bonds. The number of ketones is 1. The van der Waals surface area contributed by atoms with E-state index < -0.39 is 10.0 Å². The summed E-state index contributed by atoms with van der Waals surface area (Å²) in [5.74, 6) is -0.0219. The molecule has 29 heavy (non-hydrogen) atoms. The van der Waals surface area contributed by atoms with Gasteiger partial charge < -0.3 is 4.98 Å². The van der Waals surface area contributed by atoms with Gasteiger partial charge in [0.15, 0.2) is 5.78 Å². The zero-order chi connectivity index (χ0) is 20.8. The lowest BCUT2D eigenvalue weighted by Gasteiger charge is -2.10. The van der Waals surface area contributed by atoms with Gasteiger partial charge in [0.2, 0.25) is 10.0 Å². The van der Waals surface area contributed by atoms with Gasteiger partial charge in [-0.2, -0.15) is 0 Å². The van der Waals surface area contributed by atoms with Crippen molar-refractivity contribution in [1.29, 1.82) is 0 Å². The highest BCUT2D eigenvalue weighted by atomic mass is 32.2. The second kappa shape index (κ2) is 7.26. The predicted molar refractivity (Wildman–Crippen MR) is 118 cm³/mol. The van der Waals surface area contributed by atoms with Crippen LogP contribution in [0.1, 0.15) is 28.6 Å². The van der Waals surface area contributed by atoms with Crippen molar-refractivity contribution in [3.05, 3.63) is 65.2 Å². The Labute approximate surface area is 173 Å². The molecule has 0 aliphatic heterocycles. The van der Waals surface area contributed by atoms with Gasteiger partial charge in [-0.1, -0.05) is 31.2 Å². The van der Waals surface area contributed by atoms with E-state index in [9.17, 15) is 13.2 Å². The van der Waals surface area contributed by atoms with Crippen LogP contribution >= 0.6 is 11.3 Å². The number of Topliss-reactive ketones (excluding diaryl/α,β-unsaturated/α-hetero) is 1. The van der Waals surface area contributed by atoms with Crippen LogP contribution in [0.4, 0.5) is 0 Å². The fourth-order valence-corrected chi connectivity index (χ4v) is 5.66. The summed E-state index contributed by atoms with van der Waals surface area (Å²) in [5, 5.41) is 6.53. The van der Waals surface area contributed by atoms with Gasteiger partial charge in [0.05, 0.1) is 9.77 Å². The summed E-state index contributed by atoms with van der Waals surface area (Å²) in [6.45, 7) is 3.73. The predicted octanol–water partition coefficient (Wildman–Crippen LogP) is 5.11. The second-order valence-electron chi connectivity index (χ2n) is 6.86. The first-order chi connectivity index (χ1) is 13.8.